The molecule has 0 spiro atoms. The van der Waals surface area contributed by atoms with E-state index in [1.165, 1.54) is 12.1 Å². The Bertz CT molecular complexity index is 2830. The minimum absolute atomic E-state index is 0.0397. The predicted molar refractivity (Wildman–Crippen MR) is 242 cm³/mol. The van der Waals surface area contributed by atoms with Gasteiger partial charge in [-0.25, -0.2) is 23.5 Å². The van der Waals surface area contributed by atoms with Crippen LogP contribution in [0.1, 0.15) is 78.1 Å². The smallest absolute Gasteiger partial charge is 0.347 e. The van der Waals surface area contributed by atoms with Gasteiger partial charge in [-0.3, -0.25) is 0 Å². The molecule has 0 aliphatic rings. The zero-order valence-corrected chi connectivity index (χ0v) is 37.3. The number of halogens is 4. The van der Waals surface area contributed by atoms with E-state index in [0.29, 0.717) is 48.2 Å². The Morgan fingerprint density at radius 1 is 0.935 bits per heavy atom. The molecule has 15 heteroatoms. The highest BCUT2D eigenvalue weighted by atomic mass is 35.5. The van der Waals surface area contributed by atoms with Gasteiger partial charge in [0.15, 0.2) is 5.82 Å². The minimum atomic E-state index is -1.41. The van der Waals surface area contributed by atoms with E-state index in [1.54, 1.807) is 41.2 Å². The first-order valence-electron chi connectivity index (χ1n) is 19.6. The van der Waals surface area contributed by atoms with Crippen molar-refractivity contribution in [1.29, 1.82) is 5.26 Å². The Kier molecular flexibility index (Phi) is 12.6. The highest BCUT2D eigenvalue weighted by Crippen LogP contribution is 2.49. The summed E-state index contributed by atoms with van der Waals surface area (Å²) in [5, 5.41) is 20.1. The first-order chi connectivity index (χ1) is 29.6. The van der Waals surface area contributed by atoms with Crippen LogP contribution < -0.4 is 19.3 Å². The summed E-state index contributed by atoms with van der Waals surface area (Å²) >= 11 is 14.4. The summed E-state index contributed by atoms with van der Waals surface area (Å²) < 4.78 is 44.1. The average molecular weight is 896 g/mol. The third-order valence-electron chi connectivity index (χ3n) is 10.8. The van der Waals surface area contributed by atoms with Crippen LogP contribution in [0.4, 0.5) is 20.4 Å². The van der Waals surface area contributed by atoms with Crippen molar-refractivity contribution in [3.63, 3.8) is 0 Å². The Labute approximate surface area is 371 Å². The molecule has 0 aliphatic heterocycles. The van der Waals surface area contributed by atoms with E-state index in [4.69, 9.17) is 37.7 Å². The fraction of sp³-hybridized carbons (Fsp3) is 0.255. The van der Waals surface area contributed by atoms with E-state index in [1.807, 2.05) is 85.5 Å². The fourth-order valence-electron chi connectivity index (χ4n) is 7.83. The lowest BCUT2D eigenvalue weighted by Gasteiger charge is -2.34. The van der Waals surface area contributed by atoms with Crippen molar-refractivity contribution in [1.82, 2.24) is 15.0 Å². The van der Waals surface area contributed by atoms with Gasteiger partial charge in [-0.15, -0.1) is 11.3 Å². The Hall–Kier alpha value is -6.07. The number of fused-ring (bicyclic) bond motifs is 2. The van der Waals surface area contributed by atoms with E-state index in [2.05, 4.69) is 14.9 Å². The number of benzene rings is 4. The van der Waals surface area contributed by atoms with E-state index in [0.717, 1.165) is 28.2 Å². The van der Waals surface area contributed by atoms with Crippen LogP contribution in [0.15, 0.2) is 79.0 Å². The van der Waals surface area contributed by atoms with Gasteiger partial charge in [0.05, 0.1) is 35.5 Å². The molecule has 0 saturated heterocycles. The highest BCUT2D eigenvalue weighted by molar-refractivity contribution is 7.21. The number of carboxylic acid groups (broad SMARTS) is 1. The quantitative estimate of drug-likeness (QED) is 0.112. The first-order valence-corrected chi connectivity index (χ1v) is 21.2. The molecule has 1 atom stereocenters. The van der Waals surface area contributed by atoms with Crippen LogP contribution in [0.25, 0.3) is 32.1 Å². The monoisotopic (exact) mass is 894 g/mol. The molecule has 3 heterocycles. The number of rotatable bonds is 13. The Balaban J connectivity index is 1.39. The van der Waals surface area contributed by atoms with E-state index in [9.17, 15) is 15.2 Å². The number of anilines is 2. The standard InChI is InChI=1S/C47H42Cl2F2N6O4S/c1-8-57(25(2)30-10-9-19-53-43(30)56(23-26-11-15-28(60-6)16-12-26)24-27-13-17-29(61-7)18-14-27)44-31-20-34(48)38(39(51)40(31)54-46(49)55-44)37-33(47(3,4)5)21-35(50)42-36(37)32(22-52)41(62-42)45(58)59/h9-21,25H,8,23-24H2,1-7H3,(H,58,59)/t25-/m1/s1. The number of carbonyl (C=O) groups is 1. The van der Waals surface area contributed by atoms with Gasteiger partial charge in [0.1, 0.15) is 45.4 Å². The van der Waals surface area contributed by atoms with Crippen LogP contribution in [-0.4, -0.2) is 46.8 Å². The molecule has 0 bridgehead atoms. The molecule has 7 rings (SSSR count). The molecule has 7 aromatic rings. The number of thiophene rings is 1. The lowest BCUT2D eigenvalue weighted by Crippen LogP contribution is -2.31. The van der Waals surface area contributed by atoms with Crippen molar-refractivity contribution < 1.29 is 28.2 Å². The number of carboxylic acids is 1. The molecule has 0 aliphatic carbocycles. The second kappa shape index (κ2) is 17.7. The summed E-state index contributed by atoms with van der Waals surface area (Å²) in [7, 11) is 3.25. The fourth-order valence-corrected chi connectivity index (χ4v) is 9.28. The van der Waals surface area contributed by atoms with Gasteiger partial charge in [0.2, 0.25) is 5.28 Å². The topological polar surface area (TPSA) is 125 Å². The molecule has 0 fully saturated rings. The normalized spacial score (nSPS) is 12.0. The van der Waals surface area contributed by atoms with Gasteiger partial charge in [-0.05, 0) is 90.0 Å². The van der Waals surface area contributed by atoms with Crippen molar-refractivity contribution >= 4 is 73.1 Å². The summed E-state index contributed by atoms with van der Waals surface area (Å²) in [6.45, 7) is 10.8. The van der Waals surface area contributed by atoms with Gasteiger partial charge in [-0.1, -0.05) is 62.7 Å². The molecule has 62 heavy (non-hydrogen) atoms. The number of nitriles is 1. The van der Waals surface area contributed by atoms with Crippen molar-refractivity contribution in [2.24, 2.45) is 0 Å². The molecule has 4 aromatic carbocycles. The van der Waals surface area contributed by atoms with Crippen molar-refractivity contribution in [3.05, 3.63) is 134 Å². The SMILES string of the molecule is CCN(c1nc(Cl)nc2c(F)c(-c3c(C(C)(C)C)cc(F)c4sc(C(=O)O)c(C#N)c34)c(Cl)cc12)[C@H](C)c1cccnc1N(Cc1ccc(OC)cc1)Cc1ccc(OC)cc1. The van der Waals surface area contributed by atoms with Crippen molar-refractivity contribution in [2.45, 2.75) is 59.2 Å². The first kappa shape index (κ1) is 44.0. The number of pyridine rings is 1. The van der Waals surface area contributed by atoms with Crippen LogP contribution in [0, 0.1) is 23.0 Å². The Morgan fingerprint density at radius 3 is 2.08 bits per heavy atom. The molecule has 0 unspecified atom stereocenters. The summed E-state index contributed by atoms with van der Waals surface area (Å²) in [6.07, 6.45) is 1.74. The second-order valence-corrected chi connectivity index (χ2v) is 17.4. The number of aromatic nitrogens is 3. The van der Waals surface area contributed by atoms with Crippen LogP contribution >= 0.6 is 34.5 Å². The predicted octanol–water partition coefficient (Wildman–Crippen LogP) is 12.2. The van der Waals surface area contributed by atoms with Gasteiger partial charge in [0, 0.05) is 53.3 Å². The third kappa shape index (κ3) is 8.30. The van der Waals surface area contributed by atoms with Crippen LogP contribution in [-0.2, 0) is 18.5 Å². The van der Waals surface area contributed by atoms with Gasteiger partial charge < -0.3 is 24.4 Å². The molecule has 1 N–H and O–H groups in total. The third-order valence-corrected chi connectivity index (χ3v) is 12.5. The van der Waals surface area contributed by atoms with Crippen molar-refractivity contribution in [2.75, 3.05) is 30.6 Å². The number of hydrogen-bond acceptors (Lipinski definition) is 10. The maximum absolute atomic E-state index is 17.6. The van der Waals surface area contributed by atoms with Gasteiger partial charge in [-0.2, -0.15) is 10.2 Å². The molecule has 318 valence electrons. The number of nitrogens with zero attached hydrogens (tertiary/aromatic N) is 6. The Morgan fingerprint density at radius 2 is 1.55 bits per heavy atom. The van der Waals surface area contributed by atoms with Gasteiger partial charge >= 0.3 is 5.97 Å². The maximum atomic E-state index is 17.6. The molecule has 3 aromatic heterocycles. The lowest BCUT2D eigenvalue weighted by molar-refractivity contribution is 0.0702. The average Bonchev–Trinajstić information content (AvgIpc) is 3.66. The van der Waals surface area contributed by atoms with E-state index >= 15 is 8.78 Å². The summed E-state index contributed by atoms with van der Waals surface area (Å²) in [4.78, 5) is 30.0. The minimum Gasteiger partial charge on any atom is -0.497 e. The second-order valence-electron chi connectivity index (χ2n) is 15.6. The summed E-state index contributed by atoms with van der Waals surface area (Å²) in [5.74, 6) is -0.536. The van der Waals surface area contributed by atoms with E-state index < -0.39 is 29.1 Å². The number of ether oxygens (including phenoxy) is 2. The summed E-state index contributed by atoms with van der Waals surface area (Å²) in [6, 6.07) is 23.9. The lowest BCUT2D eigenvalue weighted by atomic mass is 9.79. The molecule has 0 saturated carbocycles. The number of methoxy groups -OCH3 is 2. The molecule has 0 amide bonds. The van der Waals surface area contributed by atoms with Crippen LogP contribution in [0.5, 0.6) is 11.5 Å². The highest BCUT2D eigenvalue weighted by Gasteiger charge is 2.33. The maximum Gasteiger partial charge on any atom is 0.347 e. The zero-order valence-electron chi connectivity index (χ0n) is 35.0. The number of hydrogen-bond donors (Lipinski definition) is 1. The number of aromatic carboxylic acids is 1. The zero-order chi connectivity index (χ0) is 44.6. The summed E-state index contributed by atoms with van der Waals surface area (Å²) in [5.41, 5.74) is 1.89. The van der Waals surface area contributed by atoms with E-state index in [-0.39, 0.29) is 52.9 Å². The van der Waals surface area contributed by atoms with Crippen LogP contribution in [0.2, 0.25) is 10.3 Å². The molecule has 10 nitrogen and oxygen atoms in total. The molecular formula is C47H42Cl2F2N6O4S. The van der Waals surface area contributed by atoms with Crippen LogP contribution in [0.3, 0.4) is 0 Å². The van der Waals surface area contributed by atoms with Gasteiger partial charge in [0.25, 0.3) is 0 Å². The molecular weight excluding hydrogens is 854 g/mol. The molecule has 0 radical (unpaired) electrons. The van der Waals surface area contributed by atoms with Crippen molar-refractivity contribution in [3.8, 4) is 28.7 Å². The largest absolute Gasteiger partial charge is 0.497 e.